The van der Waals surface area contributed by atoms with E-state index in [2.05, 4.69) is 67.8 Å². The van der Waals surface area contributed by atoms with Crippen molar-refractivity contribution < 1.29 is 15.0 Å². The molecular formula is C44H79NO3. The van der Waals surface area contributed by atoms with E-state index in [4.69, 9.17) is 0 Å². The molecule has 4 nitrogen and oxygen atoms in total. The SMILES string of the molecule is CCCCCCC/C=C\C/C=C\CCCCCCCCCCCC(=O)NC(CO)C(O)/C=C/CC/C=C/CC/C=C/CCCCCCC. The van der Waals surface area contributed by atoms with Crippen LogP contribution in [0.3, 0.4) is 0 Å². The van der Waals surface area contributed by atoms with Gasteiger partial charge in [-0.15, -0.1) is 0 Å². The van der Waals surface area contributed by atoms with Gasteiger partial charge in [-0.1, -0.05) is 171 Å². The summed E-state index contributed by atoms with van der Waals surface area (Å²) in [5.74, 6) is -0.0853. The Hall–Kier alpha value is -1.91. The number of rotatable bonds is 36. The third-order valence-corrected chi connectivity index (χ3v) is 8.95. The molecule has 0 saturated heterocycles. The Morgan fingerprint density at radius 3 is 1.33 bits per heavy atom. The number of aliphatic hydroxyl groups excluding tert-OH is 2. The van der Waals surface area contributed by atoms with E-state index in [0.717, 1.165) is 44.9 Å². The van der Waals surface area contributed by atoms with Crippen LogP contribution in [-0.2, 0) is 4.79 Å². The minimum atomic E-state index is -0.872. The Kier molecular flexibility index (Phi) is 38.0. The van der Waals surface area contributed by atoms with Gasteiger partial charge in [0.2, 0.25) is 5.91 Å². The van der Waals surface area contributed by atoms with E-state index in [1.54, 1.807) is 6.08 Å². The molecule has 2 unspecified atom stereocenters. The molecule has 2 atom stereocenters. The largest absolute Gasteiger partial charge is 0.394 e. The van der Waals surface area contributed by atoms with E-state index in [1.807, 2.05) is 6.08 Å². The summed E-state index contributed by atoms with van der Waals surface area (Å²) in [5.41, 5.74) is 0. The number of nitrogens with one attached hydrogen (secondary N) is 1. The molecule has 0 saturated carbocycles. The predicted molar refractivity (Wildman–Crippen MR) is 211 cm³/mol. The van der Waals surface area contributed by atoms with Crippen molar-refractivity contribution in [1.29, 1.82) is 0 Å². The molecule has 0 aromatic carbocycles. The summed E-state index contributed by atoms with van der Waals surface area (Å²) in [5, 5.41) is 22.9. The highest BCUT2D eigenvalue weighted by Crippen LogP contribution is 2.12. The summed E-state index contributed by atoms with van der Waals surface area (Å²) in [6, 6.07) is -0.648. The zero-order valence-corrected chi connectivity index (χ0v) is 31.7. The van der Waals surface area contributed by atoms with Crippen LogP contribution in [0.15, 0.2) is 60.8 Å². The number of carbonyl (C=O) groups excluding carboxylic acids is 1. The molecule has 0 aromatic rings. The van der Waals surface area contributed by atoms with Crippen LogP contribution in [-0.4, -0.2) is 34.9 Å². The molecule has 0 rings (SSSR count). The van der Waals surface area contributed by atoms with Crippen molar-refractivity contribution in [3.8, 4) is 0 Å². The second-order valence-electron chi connectivity index (χ2n) is 13.7. The van der Waals surface area contributed by atoms with E-state index in [9.17, 15) is 15.0 Å². The van der Waals surface area contributed by atoms with Gasteiger partial charge in [0.25, 0.3) is 0 Å². The molecule has 0 spiro atoms. The van der Waals surface area contributed by atoms with Gasteiger partial charge in [-0.25, -0.2) is 0 Å². The lowest BCUT2D eigenvalue weighted by molar-refractivity contribution is -0.123. The Morgan fingerprint density at radius 1 is 0.500 bits per heavy atom. The minimum absolute atomic E-state index is 0.0853. The van der Waals surface area contributed by atoms with Crippen molar-refractivity contribution in [2.45, 2.75) is 206 Å². The Morgan fingerprint density at radius 2 is 0.875 bits per heavy atom. The summed E-state index contributed by atoms with van der Waals surface area (Å²) in [7, 11) is 0. The van der Waals surface area contributed by atoms with Gasteiger partial charge in [0.05, 0.1) is 18.8 Å². The smallest absolute Gasteiger partial charge is 0.220 e. The molecule has 0 fully saturated rings. The maximum absolute atomic E-state index is 12.4. The first-order valence-corrected chi connectivity index (χ1v) is 20.5. The average molecular weight is 670 g/mol. The molecule has 0 aliphatic rings. The molecule has 0 heterocycles. The van der Waals surface area contributed by atoms with E-state index in [1.165, 1.54) is 128 Å². The fourth-order valence-corrected chi connectivity index (χ4v) is 5.77. The minimum Gasteiger partial charge on any atom is -0.394 e. The van der Waals surface area contributed by atoms with E-state index in [0.29, 0.717) is 6.42 Å². The average Bonchev–Trinajstić information content (AvgIpc) is 3.09. The van der Waals surface area contributed by atoms with Crippen molar-refractivity contribution in [2.75, 3.05) is 6.61 Å². The van der Waals surface area contributed by atoms with Crippen molar-refractivity contribution in [3.05, 3.63) is 60.8 Å². The van der Waals surface area contributed by atoms with Gasteiger partial charge in [0.15, 0.2) is 0 Å². The number of allylic oxidation sites excluding steroid dienone is 9. The standard InChI is InChI=1S/C44H79NO3/c1-3-5-7-9-11-13-15-17-19-20-21-22-23-24-26-28-30-32-34-36-38-40-44(48)45-42(41-46)43(47)39-37-35-33-31-29-27-25-18-16-14-12-10-8-6-4-2/h15-18,20-21,29,31,37,39,42-43,46-47H,3-14,19,22-28,30,32-36,38,40-41H2,1-2H3,(H,45,48)/b17-15-,18-16+,21-20-,31-29+,39-37+. The summed E-state index contributed by atoms with van der Waals surface area (Å²) in [4.78, 5) is 12.4. The van der Waals surface area contributed by atoms with Gasteiger partial charge in [-0.2, -0.15) is 0 Å². The zero-order valence-electron chi connectivity index (χ0n) is 31.7. The molecule has 0 aromatic heterocycles. The van der Waals surface area contributed by atoms with Crippen molar-refractivity contribution in [1.82, 2.24) is 5.32 Å². The summed E-state index contributed by atoms with van der Waals surface area (Å²) >= 11 is 0. The Labute approximate surface area is 298 Å². The molecular weight excluding hydrogens is 590 g/mol. The first-order valence-electron chi connectivity index (χ1n) is 20.5. The molecule has 278 valence electrons. The van der Waals surface area contributed by atoms with Crippen LogP contribution in [0.2, 0.25) is 0 Å². The molecule has 0 aliphatic carbocycles. The third kappa shape index (κ3) is 35.4. The second-order valence-corrected chi connectivity index (χ2v) is 13.7. The first-order chi connectivity index (χ1) is 23.7. The molecule has 3 N–H and O–H groups in total. The molecule has 1 amide bonds. The van der Waals surface area contributed by atoms with Gasteiger partial charge in [-0.05, 0) is 77.0 Å². The fraction of sp³-hybridized carbons (Fsp3) is 0.750. The lowest BCUT2D eigenvalue weighted by Crippen LogP contribution is -2.45. The summed E-state index contributed by atoms with van der Waals surface area (Å²) in [6.07, 6.45) is 54.5. The highest BCUT2D eigenvalue weighted by atomic mass is 16.3. The maximum Gasteiger partial charge on any atom is 0.220 e. The van der Waals surface area contributed by atoms with Gasteiger partial charge in [-0.3, -0.25) is 4.79 Å². The van der Waals surface area contributed by atoms with E-state index >= 15 is 0 Å². The quantitative estimate of drug-likeness (QED) is 0.0459. The van der Waals surface area contributed by atoms with Gasteiger partial charge in [0.1, 0.15) is 0 Å². The van der Waals surface area contributed by atoms with Crippen LogP contribution in [0.4, 0.5) is 0 Å². The second kappa shape index (κ2) is 39.5. The van der Waals surface area contributed by atoms with E-state index < -0.39 is 12.1 Å². The van der Waals surface area contributed by atoms with Crippen LogP contribution in [0.1, 0.15) is 194 Å². The number of aliphatic hydroxyl groups is 2. The zero-order chi connectivity index (χ0) is 35.0. The fourth-order valence-electron chi connectivity index (χ4n) is 5.77. The summed E-state index contributed by atoms with van der Waals surface area (Å²) in [6.45, 7) is 4.25. The molecule has 4 heteroatoms. The lowest BCUT2D eigenvalue weighted by Gasteiger charge is -2.19. The van der Waals surface area contributed by atoms with Crippen LogP contribution >= 0.6 is 0 Å². The maximum atomic E-state index is 12.4. The lowest BCUT2D eigenvalue weighted by atomic mass is 10.1. The van der Waals surface area contributed by atoms with Crippen molar-refractivity contribution in [2.24, 2.45) is 0 Å². The first kappa shape index (κ1) is 46.1. The predicted octanol–water partition coefficient (Wildman–Crippen LogP) is 12.6. The number of unbranched alkanes of at least 4 members (excludes halogenated alkanes) is 21. The Balaban J connectivity index is 3.67. The molecule has 0 radical (unpaired) electrons. The number of hydrogen-bond donors (Lipinski definition) is 3. The normalized spacial score (nSPS) is 13.7. The van der Waals surface area contributed by atoms with Crippen LogP contribution in [0, 0.1) is 0 Å². The van der Waals surface area contributed by atoms with Crippen molar-refractivity contribution in [3.63, 3.8) is 0 Å². The molecule has 48 heavy (non-hydrogen) atoms. The van der Waals surface area contributed by atoms with Gasteiger partial charge in [0, 0.05) is 6.42 Å². The topological polar surface area (TPSA) is 69.6 Å². The van der Waals surface area contributed by atoms with Crippen LogP contribution in [0.25, 0.3) is 0 Å². The Bertz CT molecular complexity index is 812. The van der Waals surface area contributed by atoms with Gasteiger partial charge < -0.3 is 15.5 Å². The molecule has 0 aliphatic heterocycles. The van der Waals surface area contributed by atoms with E-state index in [-0.39, 0.29) is 12.5 Å². The highest BCUT2D eigenvalue weighted by Gasteiger charge is 2.17. The highest BCUT2D eigenvalue weighted by molar-refractivity contribution is 5.76. The third-order valence-electron chi connectivity index (χ3n) is 8.95. The number of amides is 1. The van der Waals surface area contributed by atoms with Crippen molar-refractivity contribution >= 4 is 5.91 Å². The monoisotopic (exact) mass is 670 g/mol. The summed E-state index contributed by atoms with van der Waals surface area (Å²) < 4.78 is 0. The number of carbonyl (C=O) groups is 1. The number of hydrogen-bond acceptors (Lipinski definition) is 3. The van der Waals surface area contributed by atoms with Crippen LogP contribution in [0.5, 0.6) is 0 Å². The van der Waals surface area contributed by atoms with Crippen LogP contribution < -0.4 is 5.32 Å². The molecule has 0 bridgehead atoms. The van der Waals surface area contributed by atoms with Gasteiger partial charge >= 0.3 is 0 Å².